The van der Waals surface area contributed by atoms with Gasteiger partial charge in [-0.15, -0.1) is 0 Å². The van der Waals surface area contributed by atoms with E-state index in [1.165, 1.54) is 11.1 Å². The first-order valence-corrected chi connectivity index (χ1v) is 11.4. The number of H-pyrrole nitrogens is 1. The Kier molecular flexibility index (Phi) is 5.51. The molecule has 0 saturated carbocycles. The van der Waals surface area contributed by atoms with E-state index < -0.39 is 0 Å². The summed E-state index contributed by atoms with van der Waals surface area (Å²) in [7, 11) is 1.68. The van der Waals surface area contributed by atoms with E-state index in [2.05, 4.69) is 47.6 Å². The summed E-state index contributed by atoms with van der Waals surface area (Å²) in [4.78, 5) is 19.0. The zero-order chi connectivity index (χ0) is 23.1. The van der Waals surface area contributed by atoms with Gasteiger partial charge in [0.2, 0.25) is 0 Å². The van der Waals surface area contributed by atoms with Gasteiger partial charge in [0, 0.05) is 33.9 Å². The van der Waals surface area contributed by atoms with Crippen LogP contribution in [0.15, 0.2) is 60.7 Å². The van der Waals surface area contributed by atoms with Crippen LogP contribution in [0, 0.1) is 13.8 Å². The van der Waals surface area contributed by atoms with Crippen LogP contribution in [0.5, 0.6) is 5.75 Å². The van der Waals surface area contributed by atoms with Crippen LogP contribution in [-0.4, -0.2) is 29.6 Å². The van der Waals surface area contributed by atoms with E-state index in [0.717, 1.165) is 45.6 Å². The maximum atomic E-state index is 13.5. The number of carbonyl (C=O) groups excluding carboxylic acids is 1. The lowest BCUT2D eigenvalue weighted by Crippen LogP contribution is -2.43. The number of urea groups is 1. The molecule has 0 spiro atoms. The number of aryl methyl sites for hydroxylation is 1. The van der Waals surface area contributed by atoms with Crippen molar-refractivity contribution < 1.29 is 9.53 Å². The Bertz CT molecular complexity index is 1340. The first-order chi connectivity index (χ1) is 16.0. The van der Waals surface area contributed by atoms with Crippen molar-refractivity contribution in [1.82, 2.24) is 9.88 Å². The Hall–Kier alpha value is -3.44. The number of carbonyl (C=O) groups is 1. The number of benzene rings is 3. The van der Waals surface area contributed by atoms with Gasteiger partial charge >= 0.3 is 6.03 Å². The standard InChI is InChI=1S/C27H26ClN3O2/c1-16-7-9-18(10-8-16)26-25-20(21-15-19(33-3)11-12-24(21)29-25)13-14-31(26)27(32)30-23-6-4-5-22(28)17(23)2/h4-12,15,26,29H,13-14H2,1-3H3,(H,30,32)/t26-/m1/s1. The number of halogens is 1. The van der Waals surface area contributed by atoms with Gasteiger partial charge in [-0.1, -0.05) is 47.5 Å². The number of anilines is 1. The Labute approximate surface area is 198 Å². The second-order valence-corrected chi connectivity index (χ2v) is 8.94. The van der Waals surface area contributed by atoms with Gasteiger partial charge in [-0.25, -0.2) is 4.79 Å². The van der Waals surface area contributed by atoms with Crippen LogP contribution in [0.25, 0.3) is 10.9 Å². The lowest BCUT2D eigenvalue weighted by Gasteiger charge is -2.36. The minimum Gasteiger partial charge on any atom is -0.497 e. The molecule has 1 aromatic heterocycles. The molecule has 4 aromatic rings. The summed E-state index contributed by atoms with van der Waals surface area (Å²) in [5.74, 6) is 0.827. The van der Waals surface area contributed by atoms with E-state index in [1.807, 2.05) is 42.2 Å². The predicted octanol–water partition coefficient (Wildman–Crippen LogP) is 6.63. The molecule has 0 aliphatic carbocycles. The number of nitrogens with zero attached hydrogens (tertiary/aromatic N) is 1. The lowest BCUT2D eigenvalue weighted by molar-refractivity contribution is 0.193. The van der Waals surface area contributed by atoms with Crippen LogP contribution < -0.4 is 10.1 Å². The van der Waals surface area contributed by atoms with Crippen molar-refractivity contribution in [3.63, 3.8) is 0 Å². The molecule has 33 heavy (non-hydrogen) atoms. The smallest absolute Gasteiger partial charge is 0.322 e. The Balaban J connectivity index is 1.59. The highest BCUT2D eigenvalue weighted by atomic mass is 35.5. The van der Waals surface area contributed by atoms with Gasteiger partial charge in [-0.05, 0) is 67.3 Å². The maximum absolute atomic E-state index is 13.5. The third-order valence-corrected chi connectivity index (χ3v) is 6.91. The zero-order valence-electron chi connectivity index (χ0n) is 18.9. The van der Waals surface area contributed by atoms with Crippen molar-refractivity contribution >= 4 is 34.2 Å². The van der Waals surface area contributed by atoms with Crippen molar-refractivity contribution in [3.8, 4) is 5.75 Å². The van der Waals surface area contributed by atoms with E-state index >= 15 is 0 Å². The average molecular weight is 460 g/mol. The number of hydrogen-bond acceptors (Lipinski definition) is 2. The van der Waals surface area contributed by atoms with Gasteiger partial charge in [0.15, 0.2) is 0 Å². The van der Waals surface area contributed by atoms with Gasteiger partial charge in [0.25, 0.3) is 0 Å². The SMILES string of the molecule is COc1ccc2[nH]c3c(c2c1)CCN(C(=O)Nc1cccc(Cl)c1C)[C@@H]3c1ccc(C)cc1. The van der Waals surface area contributed by atoms with Crippen molar-refractivity contribution in [1.29, 1.82) is 0 Å². The molecule has 6 heteroatoms. The fraction of sp³-hybridized carbons (Fsp3) is 0.222. The number of aromatic nitrogens is 1. The molecular formula is C27H26ClN3O2. The Morgan fingerprint density at radius 1 is 1.12 bits per heavy atom. The summed E-state index contributed by atoms with van der Waals surface area (Å²) >= 11 is 6.28. The summed E-state index contributed by atoms with van der Waals surface area (Å²) in [6.45, 7) is 4.58. The van der Waals surface area contributed by atoms with Gasteiger partial charge < -0.3 is 19.9 Å². The number of ether oxygens (including phenoxy) is 1. The number of hydrogen-bond donors (Lipinski definition) is 2. The second kappa shape index (κ2) is 8.49. The van der Waals surface area contributed by atoms with Gasteiger partial charge in [-0.3, -0.25) is 0 Å². The Morgan fingerprint density at radius 2 is 1.91 bits per heavy atom. The summed E-state index contributed by atoms with van der Waals surface area (Å²) in [6.07, 6.45) is 0.757. The van der Waals surface area contributed by atoms with E-state index in [1.54, 1.807) is 7.11 Å². The summed E-state index contributed by atoms with van der Waals surface area (Å²) in [5, 5.41) is 4.86. The fourth-order valence-corrected chi connectivity index (χ4v) is 4.81. The van der Waals surface area contributed by atoms with E-state index in [0.29, 0.717) is 11.6 Å². The number of rotatable bonds is 3. The molecule has 1 aliphatic heterocycles. The second-order valence-electron chi connectivity index (χ2n) is 8.53. The molecule has 0 saturated heterocycles. The lowest BCUT2D eigenvalue weighted by atomic mass is 9.92. The van der Waals surface area contributed by atoms with Crippen molar-refractivity contribution in [2.45, 2.75) is 26.3 Å². The van der Waals surface area contributed by atoms with E-state index in [-0.39, 0.29) is 12.1 Å². The van der Waals surface area contributed by atoms with Crippen molar-refractivity contribution in [2.75, 3.05) is 19.0 Å². The van der Waals surface area contributed by atoms with Crippen molar-refractivity contribution in [3.05, 3.63) is 93.6 Å². The number of nitrogens with one attached hydrogen (secondary N) is 2. The highest BCUT2D eigenvalue weighted by Crippen LogP contribution is 2.40. The van der Waals surface area contributed by atoms with Crippen LogP contribution in [0.4, 0.5) is 10.5 Å². The maximum Gasteiger partial charge on any atom is 0.322 e. The third kappa shape index (κ3) is 3.83. The topological polar surface area (TPSA) is 57.4 Å². The molecule has 0 bridgehead atoms. The van der Waals surface area contributed by atoms with Gasteiger partial charge in [0.1, 0.15) is 5.75 Å². The molecule has 168 valence electrons. The molecule has 0 radical (unpaired) electrons. The Morgan fingerprint density at radius 3 is 2.67 bits per heavy atom. The molecule has 1 aliphatic rings. The average Bonchev–Trinajstić information content (AvgIpc) is 3.20. The molecule has 1 atom stereocenters. The van der Waals surface area contributed by atoms with Gasteiger partial charge in [-0.2, -0.15) is 0 Å². The molecule has 0 unspecified atom stereocenters. The largest absolute Gasteiger partial charge is 0.497 e. The minimum atomic E-state index is -0.229. The third-order valence-electron chi connectivity index (χ3n) is 6.50. The molecule has 2 N–H and O–H groups in total. The monoisotopic (exact) mass is 459 g/mol. The van der Waals surface area contributed by atoms with Crippen LogP contribution >= 0.6 is 11.6 Å². The van der Waals surface area contributed by atoms with Gasteiger partial charge in [0.05, 0.1) is 13.2 Å². The summed E-state index contributed by atoms with van der Waals surface area (Å²) < 4.78 is 5.45. The molecule has 2 heterocycles. The van der Waals surface area contributed by atoms with Crippen LogP contribution in [0.3, 0.4) is 0 Å². The number of amides is 2. The van der Waals surface area contributed by atoms with Crippen LogP contribution in [-0.2, 0) is 6.42 Å². The first kappa shape index (κ1) is 21.4. The van der Waals surface area contributed by atoms with Crippen LogP contribution in [0.1, 0.15) is 34.0 Å². The molecule has 0 fully saturated rings. The van der Waals surface area contributed by atoms with E-state index in [4.69, 9.17) is 16.3 Å². The number of aromatic amines is 1. The predicted molar refractivity (Wildman–Crippen MR) is 133 cm³/mol. The summed E-state index contributed by atoms with van der Waals surface area (Å²) in [6, 6.07) is 19.6. The van der Waals surface area contributed by atoms with E-state index in [9.17, 15) is 4.79 Å². The highest BCUT2D eigenvalue weighted by molar-refractivity contribution is 6.31. The molecule has 5 rings (SSSR count). The van der Waals surface area contributed by atoms with Crippen LogP contribution in [0.2, 0.25) is 5.02 Å². The molecular weight excluding hydrogens is 434 g/mol. The first-order valence-electron chi connectivity index (χ1n) is 11.0. The summed E-state index contributed by atoms with van der Waals surface area (Å²) in [5.41, 5.74) is 7.16. The molecule has 5 nitrogen and oxygen atoms in total. The normalized spacial score (nSPS) is 15.4. The molecule has 2 amide bonds. The number of fused-ring (bicyclic) bond motifs is 3. The zero-order valence-corrected chi connectivity index (χ0v) is 19.7. The number of methoxy groups -OCH3 is 1. The molecule has 3 aromatic carbocycles. The minimum absolute atomic E-state index is 0.146. The highest BCUT2D eigenvalue weighted by Gasteiger charge is 2.35. The van der Waals surface area contributed by atoms with Crippen molar-refractivity contribution in [2.24, 2.45) is 0 Å². The quantitative estimate of drug-likeness (QED) is 0.361. The fourth-order valence-electron chi connectivity index (χ4n) is 4.64.